The highest BCUT2D eigenvalue weighted by molar-refractivity contribution is 5.43. The summed E-state index contributed by atoms with van der Waals surface area (Å²) in [5.74, 6) is 6.12. The first-order valence-corrected chi connectivity index (χ1v) is 4.98. The standard InChI is InChI=1S/C14H11NO/c1-11-5-7-13(15-10-11)8-6-12-3-2-4-14(16)9-12/h2-5,7,9-10,16H,1H3. The topological polar surface area (TPSA) is 33.1 Å². The summed E-state index contributed by atoms with van der Waals surface area (Å²) in [5, 5.41) is 9.26. The van der Waals surface area contributed by atoms with Crippen LogP contribution in [-0.4, -0.2) is 10.1 Å². The molecule has 2 nitrogen and oxygen atoms in total. The maximum atomic E-state index is 9.26. The van der Waals surface area contributed by atoms with Crippen LogP contribution in [-0.2, 0) is 0 Å². The molecule has 0 radical (unpaired) electrons. The SMILES string of the molecule is Cc1ccc(C#Cc2cccc(O)c2)nc1. The average Bonchev–Trinajstić information content (AvgIpc) is 2.28. The Morgan fingerprint density at radius 2 is 2.00 bits per heavy atom. The fourth-order valence-corrected chi connectivity index (χ4v) is 1.26. The summed E-state index contributed by atoms with van der Waals surface area (Å²) in [6.45, 7) is 1.99. The molecule has 0 aliphatic rings. The lowest BCUT2D eigenvalue weighted by molar-refractivity contribution is 0.475. The van der Waals surface area contributed by atoms with Gasteiger partial charge in [0.1, 0.15) is 11.4 Å². The molecule has 1 aromatic heterocycles. The monoisotopic (exact) mass is 209 g/mol. The fraction of sp³-hybridized carbons (Fsp3) is 0.0714. The summed E-state index contributed by atoms with van der Waals surface area (Å²) in [4.78, 5) is 4.18. The first-order chi connectivity index (χ1) is 7.74. The van der Waals surface area contributed by atoms with Crippen molar-refractivity contribution in [3.63, 3.8) is 0 Å². The van der Waals surface area contributed by atoms with Crippen molar-refractivity contribution < 1.29 is 5.11 Å². The van der Waals surface area contributed by atoms with Crippen molar-refractivity contribution in [3.05, 3.63) is 59.4 Å². The summed E-state index contributed by atoms with van der Waals surface area (Å²) >= 11 is 0. The van der Waals surface area contributed by atoms with E-state index < -0.39 is 0 Å². The predicted octanol–water partition coefficient (Wildman–Crippen LogP) is 2.50. The Kier molecular flexibility index (Phi) is 2.88. The van der Waals surface area contributed by atoms with Gasteiger partial charge in [0.15, 0.2) is 0 Å². The van der Waals surface area contributed by atoms with Crippen LogP contribution in [0.4, 0.5) is 0 Å². The summed E-state index contributed by atoms with van der Waals surface area (Å²) in [6.07, 6.45) is 1.78. The van der Waals surface area contributed by atoms with Crippen molar-refractivity contribution in [1.29, 1.82) is 0 Å². The third kappa shape index (κ3) is 2.61. The first-order valence-electron chi connectivity index (χ1n) is 4.98. The highest BCUT2D eigenvalue weighted by Crippen LogP contribution is 2.09. The maximum Gasteiger partial charge on any atom is 0.116 e. The molecule has 0 saturated carbocycles. The van der Waals surface area contributed by atoms with Gasteiger partial charge >= 0.3 is 0 Å². The molecule has 1 N–H and O–H groups in total. The van der Waals surface area contributed by atoms with Gasteiger partial charge in [-0.15, -0.1) is 0 Å². The molecular weight excluding hydrogens is 198 g/mol. The molecule has 0 saturated heterocycles. The van der Waals surface area contributed by atoms with Crippen LogP contribution in [0.2, 0.25) is 0 Å². The Morgan fingerprint density at radius 1 is 1.12 bits per heavy atom. The van der Waals surface area contributed by atoms with Crippen LogP contribution in [0.3, 0.4) is 0 Å². The number of hydrogen-bond acceptors (Lipinski definition) is 2. The molecule has 0 amide bonds. The van der Waals surface area contributed by atoms with Crippen LogP contribution in [0.1, 0.15) is 16.8 Å². The van der Waals surface area contributed by atoms with Crippen LogP contribution in [0.25, 0.3) is 0 Å². The zero-order chi connectivity index (χ0) is 11.4. The number of nitrogens with zero attached hydrogens (tertiary/aromatic N) is 1. The molecule has 2 aromatic rings. The van der Waals surface area contributed by atoms with E-state index >= 15 is 0 Å². The molecule has 0 unspecified atom stereocenters. The van der Waals surface area contributed by atoms with Crippen molar-refractivity contribution in [3.8, 4) is 17.6 Å². The minimum atomic E-state index is 0.226. The highest BCUT2D eigenvalue weighted by atomic mass is 16.3. The largest absolute Gasteiger partial charge is 0.508 e. The Morgan fingerprint density at radius 3 is 2.69 bits per heavy atom. The van der Waals surface area contributed by atoms with E-state index in [2.05, 4.69) is 16.8 Å². The summed E-state index contributed by atoms with van der Waals surface area (Å²) in [6, 6.07) is 10.7. The molecule has 78 valence electrons. The van der Waals surface area contributed by atoms with E-state index in [0.29, 0.717) is 0 Å². The molecule has 16 heavy (non-hydrogen) atoms. The molecule has 2 rings (SSSR count). The Labute approximate surface area is 94.6 Å². The van der Waals surface area contributed by atoms with Gasteiger partial charge in [-0.3, -0.25) is 0 Å². The second-order valence-corrected chi connectivity index (χ2v) is 3.52. The number of hydrogen-bond donors (Lipinski definition) is 1. The van der Waals surface area contributed by atoms with Gasteiger partial charge in [0.2, 0.25) is 0 Å². The van der Waals surface area contributed by atoms with Crippen molar-refractivity contribution in [2.75, 3.05) is 0 Å². The molecule has 1 aromatic carbocycles. The van der Waals surface area contributed by atoms with E-state index in [0.717, 1.165) is 16.8 Å². The number of aromatic nitrogens is 1. The van der Waals surface area contributed by atoms with E-state index in [1.807, 2.05) is 25.1 Å². The van der Waals surface area contributed by atoms with Gasteiger partial charge in [0.25, 0.3) is 0 Å². The third-order valence-electron chi connectivity index (χ3n) is 2.09. The summed E-state index contributed by atoms with van der Waals surface area (Å²) < 4.78 is 0. The van der Waals surface area contributed by atoms with Gasteiger partial charge in [-0.1, -0.05) is 18.1 Å². The number of aromatic hydroxyl groups is 1. The Bertz CT molecular complexity index is 547. The normalized spacial score (nSPS) is 9.31. The van der Waals surface area contributed by atoms with Crippen molar-refractivity contribution >= 4 is 0 Å². The van der Waals surface area contributed by atoms with Crippen LogP contribution in [0.15, 0.2) is 42.6 Å². The number of pyridine rings is 1. The van der Waals surface area contributed by atoms with Gasteiger partial charge in [-0.2, -0.15) is 0 Å². The van der Waals surface area contributed by atoms with Crippen molar-refractivity contribution in [2.24, 2.45) is 0 Å². The van der Waals surface area contributed by atoms with E-state index in [4.69, 9.17) is 0 Å². The average molecular weight is 209 g/mol. The lowest BCUT2D eigenvalue weighted by Gasteiger charge is -1.92. The predicted molar refractivity (Wildman–Crippen MR) is 63.1 cm³/mol. The van der Waals surface area contributed by atoms with Crippen LogP contribution < -0.4 is 0 Å². The number of phenolic OH excluding ortho intramolecular Hbond substituents is 1. The van der Waals surface area contributed by atoms with Gasteiger partial charge < -0.3 is 5.11 Å². The third-order valence-corrected chi connectivity index (χ3v) is 2.09. The molecule has 2 heteroatoms. The molecule has 0 atom stereocenters. The highest BCUT2D eigenvalue weighted by Gasteiger charge is 1.90. The van der Waals surface area contributed by atoms with Crippen LogP contribution >= 0.6 is 0 Å². The minimum Gasteiger partial charge on any atom is -0.508 e. The van der Waals surface area contributed by atoms with E-state index in [1.54, 1.807) is 24.4 Å². The zero-order valence-corrected chi connectivity index (χ0v) is 8.94. The van der Waals surface area contributed by atoms with Crippen molar-refractivity contribution in [1.82, 2.24) is 4.98 Å². The fourth-order valence-electron chi connectivity index (χ4n) is 1.26. The van der Waals surface area contributed by atoms with E-state index in [-0.39, 0.29) is 5.75 Å². The molecule has 0 fully saturated rings. The number of benzene rings is 1. The zero-order valence-electron chi connectivity index (χ0n) is 8.94. The van der Waals surface area contributed by atoms with E-state index in [1.165, 1.54) is 0 Å². The van der Waals surface area contributed by atoms with Crippen molar-refractivity contribution in [2.45, 2.75) is 6.92 Å². The summed E-state index contributed by atoms with van der Waals surface area (Å²) in [5.41, 5.74) is 2.62. The van der Waals surface area contributed by atoms with Gasteiger partial charge in [0, 0.05) is 11.8 Å². The van der Waals surface area contributed by atoms with Crippen LogP contribution in [0, 0.1) is 18.8 Å². The molecule has 0 aliphatic heterocycles. The minimum absolute atomic E-state index is 0.226. The lowest BCUT2D eigenvalue weighted by Crippen LogP contribution is -1.82. The van der Waals surface area contributed by atoms with Gasteiger partial charge in [-0.25, -0.2) is 4.98 Å². The molecule has 0 aliphatic carbocycles. The molecule has 0 bridgehead atoms. The molecular formula is C14H11NO. The molecule has 0 spiro atoms. The van der Waals surface area contributed by atoms with Crippen LogP contribution in [0.5, 0.6) is 5.75 Å². The number of rotatable bonds is 0. The van der Waals surface area contributed by atoms with Gasteiger partial charge in [0.05, 0.1) is 0 Å². The quantitative estimate of drug-likeness (QED) is 0.676. The Balaban J connectivity index is 2.25. The second-order valence-electron chi connectivity index (χ2n) is 3.52. The Hall–Kier alpha value is -2.27. The summed E-state index contributed by atoms with van der Waals surface area (Å²) in [7, 11) is 0. The maximum absolute atomic E-state index is 9.26. The number of phenols is 1. The smallest absolute Gasteiger partial charge is 0.116 e. The van der Waals surface area contributed by atoms with Gasteiger partial charge in [-0.05, 0) is 42.7 Å². The molecule has 1 heterocycles. The van der Waals surface area contributed by atoms with E-state index in [9.17, 15) is 5.11 Å². The second kappa shape index (κ2) is 4.50. The number of aryl methyl sites for hydroxylation is 1. The first kappa shape index (κ1) is 10.3. The lowest BCUT2D eigenvalue weighted by atomic mass is 10.2.